The average molecular weight is 329 g/mol. The van der Waals surface area contributed by atoms with E-state index in [1.807, 2.05) is 0 Å². The molecule has 2 aromatic rings. The van der Waals surface area contributed by atoms with Crippen LogP contribution in [0.5, 0.6) is 0 Å². The van der Waals surface area contributed by atoms with Gasteiger partial charge in [0.2, 0.25) is 5.91 Å². The van der Waals surface area contributed by atoms with Gasteiger partial charge in [-0.25, -0.2) is 14.3 Å². The Balaban J connectivity index is 1.86. The second kappa shape index (κ2) is 5.11. The Morgan fingerprint density at radius 2 is 2.09 bits per heavy atom. The maximum absolute atomic E-state index is 12.4. The first kappa shape index (κ1) is 15.1. The van der Waals surface area contributed by atoms with Crippen molar-refractivity contribution >= 4 is 17.5 Å². The van der Waals surface area contributed by atoms with E-state index in [1.54, 1.807) is 0 Å². The van der Waals surface area contributed by atoms with Gasteiger partial charge in [0.15, 0.2) is 5.65 Å². The van der Waals surface area contributed by atoms with Gasteiger partial charge in [-0.1, -0.05) is 0 Å². The van der Waals surface area contributed by atoms with E-state index < -0.39 is 43.4 Å². The molecule has 0 aliphatic carbocycles. The fourth-order valence-electron chi connectivity index (χ4n) is 2.36. The summed E-state index contributed by atoms with van der Waals surface area (Å²) in [5, 5.41) is 5.88. The molecule has 11 heteroatoms. The largest absolute Gasteiger partial charge is 0.406 e. The van der Waals surface area contributed by atoms with Crippen LogP contribution in [-0.2, 0) is 4.79 Å². The number of nitrogens with zero attached hydrogens (tertiary/aromatic N) is 4. The molecule has 1 aliphatic rings. The third kappa shape index (κ3) is 2.76. The lowest BCUT2D eigenvalue weighted by Gasteiger charge is -2.19. The third-order valence-corrected chi connectivity index (χ3v) is 3.35. The summed E-state index contributed by atoms with van der Waals surface area (Å²) in [5.74, 6) is -1.46. The zero-order chi connectivity index (χ0) is 16.8. The first-order valence-electron chi connectivity index (χ1n) is 6.46. The molecule has 1 fully saturated rings. The molecule has 0 atom stereocenters. The zero-order valence-corrected chi connectivity index (χ0v) is 11.5. The van der Waals surface area contributed by atoms with Gasteiger partial charge in [0.25, 0.3) is 5.91 Å². The van der Waals surface area contributed by atoms with Crippen molar-refractivity contribution in [3.05, 3.63) is 34.4 Å². The fourth-order valence-corrected chi connectivity index (χ4v) is 2.36. The summed E-state index contributed by atoms with van der Waals surface area (Å²) in [7, 11) is 0. The van der Waals surface area contributed by atoms with Gasteiger partial charge < -0.3 is 9.80 Å². The van der Waals surface area contributed by atoms with Crippen molar-refractivity contribution in [2.45, 2.75) is 6.18 Å². The minimum absolute atomic E-state index is 0.0208. The minimum atomic E-state index is -4.54. The Morgan fingerprint density at radius 3 is 2.78 bits per heavy atom. The number of halogens is 3. The molecule has 1 N–H and O–H groups in total. The second-order valence-corrected chi connectivity index (χ2v) is 5.00. The lowest BCUT2D eigenvalue weighted by atomic mass is 10.2. The van der Waals surface area contributed by atoms with Gasteiger partial charge in [0.1, 0.15) is 13.1 Å². The number of carbonyl (C=O) groups excluding carboxylic acids is 2. The molecule has 122 valence electrons. The number of aromatic amines is 1. The van der Waals surface area contributed by atoms with Crippen molar-refractivity contribution in [1.82, 2.24) is 24.4 Å². The van der Waals surface area contributed by atoms with Crippen LogP contribution in [0.25, 0.3) is 5.65 Å². The minimum Gasteiger partial charge on any atom is -0.314 e. The number of amides is 2. The van der Waals surface area contributed by atoms with E-state index in [2.05, 4.69) is 10.2 Å². The molecular weight excluding hydrogens is 319 g/mol. The molecule has 3 rings (SSSR count). The number of rotatable bonds is 2. The van der Waals surface area contributed by atoms with Gasteiger partial charge >= 0.3 is 11.9 Å². The second-order valence-electron chi connectivity index (χ2n) is 5.00. The molecule has 0 saturated carbocycles. The molecule has 0 bridgehead atoms. The Hall–Kier alpha value is -2.85. The van der Waals surface area contributed by atoms with E-state index in [0.29, 0.717) is 4.90 Å². The Morgan fingerprint density at radius 1 is 1.35 bits per heavy atom. The van der Waals surface area contributed by atoms with E-state index in [4.69, 9.17) is 0 Å². The summed E-state index contributed by atoms with van der Waals surface area (Å²) in [6.45, 7) is -2.33. The summed E-state index contributed by atoms with van der Waals surface area (Å²) in [5.41, 5.74) is -0.484. The number of nitrogens with one attached hydrogen (secondary N) is 1. The maximum atomic E-state index is 12.4. The number of hydrogen-bond acceptors (Lipinski definition) is 4. The van der Waals surface area contributed by atoms with Crippen LogP contribution in [0.15, 0.2) is 23.1 Å². The van der Waals surface area contributed by atoms with Gasteiger partial charge in [-0.3, -0.25) is 9.59 Å². The van der Waals surface area contributed by atoms with Gasteiger partial charge in [-0.15, -0.1) is 0 Å². The molecule has 1 aliphatic heterocycles. The predicted molar refractivity (Wildman–Crippen MR) is 69.5 cm³/mol. The molecule has 0 spiro atoms. The Bertz CT molecular complexity index is 840. The van der Waals surface area contributed by atoms with E-state index in [0.717, 1.165) is 9.30 Å². The van der Waals surface area contributed by atoms with Crippen LogP contribution in [0, 0.1) is 0 Å². The quantitative estimate of drug-likeness (QED) is 0.828. The first-order valence-corrected chi connectivity index (χ1v) is 6.46. The molecule has 23 heavy (non-hydrogen) atoms. The molecule has 2 amide bonds. The first-order chi connectivity index (χ1) is 10.8. The molecular formula is C12H10F3N5O3. The number of hydrogen-bond donors (Lipinski definition) is 1. The third-order valence-electron chi connectivity index (χ3n) is 3.35. The lowest BCUT2D eigenvalue weighted by Crippen LogP contribution is -2.37. The van der Waals surface area contributed by atoms with Crippen LogP contribution < -0.4 is 5.69 Å². The van der Waals surface area contributed by atoms with Crippen molar-refractivity contribution in [1.29, 1.82) is 0 Å². The zero-order valence-electron chi connectivity index (χ0n) is 11.5. The highest BCUT2D eigenvalue weighted by molar-refractivity contribution is 6.02. The Kier molecular flexibility index (Phi) is 3.34. The lowest BCUT2D eigenvalue weighted by molar-refractivity contribution is -0.157. The number of H-pyrrole nitrogens is 1. The van der Waals surface area contributed by atoms with Crippen LogP contribution >= 0.6 is 0 Å². The summed E-state index contributed by atoms with van der Waals surface area (Å²) in [6.07, 6.45) is -3.15. The van der Waals surface area contributed by atoms with Gasteiger partial charge in [-0.05, 0) is 12.1 Å². The van der Waals surface area contributed by atoms with Crippen molar-refractivity contribution in [2.24, 2.45) is 0 Å². The molecule has 8 nitrogen and oxygen atoms in total. The molecule has 0 aromatic carbocycles. The van der Waals surface area contributed by atoms with E-state index >= 15 is 0 Å². The van der Waals surface area contributed by atoms with Crippen molar-refractivity contribution in [3.8, 4) is 0 Å². The summed E-state index contributed by atoms with van der Waals surface area (Å²) >= 11 is 0. The van der Waals surface area contributed by atoms with E-state index in [-0.39, 0.29) is 11.2 Å². The SMILES string of the molecule is O=C1CN(C(=O)c2cccn3c(=O)[nH]nc23)CN1CC(F)(F)F. The van der Waals surface area contributed by atoms with Crippen molar-refractivity contribution < 1.29 is 22.8 Å². The summed E-state index contributed by atoms with van der Waals surface area (Å²) in [4.78, 5) is 37.0. The molecule has 0 radical (unpaired) electrons. The molecule has 3 heterocycles. The summed E-state index contributed by atoms with van der Waals surface area (Å²) in [6, 6.07) is 2.82. The van der Waals surface area contributed by atoms with Gasteiger partial charge in [0, 0.05) is 6.20 Å². The molecule has 0 unspecified atom stereocenters. The van der Waals surface area contributed by atoms with Gasteiger partial charge in [0.05, 0.1) is 12.2 Å². The van der Waals surface area contributed by atoms with Gasteiger partial charge in [-0.2, -0.15) is 18.3 Å². The highest BCUT2D eigenvalue weighted by Crippen LogP contribution is 2.20. The smallest absolute Gasteiger partial charge is 0.314 e. The molecule has 1 saturated heterocycles. The Labute approximate surface area is 126 Å². The van der Waals surface area contributed by atoms with Crippen molar-refractivity contribution in [3.63, 3.8) is 0 Å². The van der Waals surface area contributed by atoms with E-state index in [1.165, 1.54) is 18.3 Å². The van der Waals surface area contributed by atoms with Crippen LogP contribution in [0.4, 0.5) is 13.2 Å². The van der Waals surface area contributed by atoms with Crippen molar-refractivity contribution in [2.75, 3.05) is 19.8 Å². The summed E-state index contributed by atoms with van der Waals surface area (Å²) < 4.78 is 38.3. The van der Waals surface area contributed by atoms with E-state index in [9.17, 15) is 27.6 Å². The highest BCUT2D eigenvalue weighted by Gasteiger charge is 2.39. The number of aromatic nitrogens is 3. The standard InChI is InChI=1S/C12H10F3N5O3/c13-12(14,15)5-19-6-18(4-8(19)21)10(22)7-2-1-3-20-9(7)16-17-11(20)23/h1-3H,4-6H2,(H,17,23). The normalized spacial score (nSPS) is 15.7. The maximum Gasteiger partial charge on any atom is 0.406 e. The average Bonchev–Trinajstić information content (AvgIpc) is 3.01. The van der Waals surface area contributed by atoms with Crippen LogP contribution in [0.3, 0.4) is 0 Å². The highest BCUT2D eigenvalue weighted by atomic mass is 19.4. The number of fused-ring (bicyclic) bond motifs is 1. The number of pyridine rings is 1. The fraction of sp³-hybridized carbons (Fsp3) is 0.333. The van der Waals surface area contributed by atoms with Crippen LogP contribution in [0.2, 0.25) is 0 Å². The molecule has 2 aromatic heterocycles. The predicted octanol–water partition coefficient (Wildman–Crippen LogP) is -0.173. The topological polar surface area (TPSA) is 90.8 Å². The van der Waals surface area contributed by atoms with Crippen LogP contribution in [-0.4, -0.2) is 62.1 Å². The number of alkyl halides is 3. The number of carbonyl (C=O) groups is 2. The monoisotopic (exact) mass is 329 g/mol. The van der Waals surface area contributed by atoms with Crippen LogP contribution in [0.1, 0.15) is 10.4 Å².